The van der Waals surface area contributed by atoms with Gasteiger partial charge in [0.15, 0.2) is 11.5 Å². The maximum Gasteiger partial charge on any atom is 0.253 e. The Balaban J connectivity index is 1.53. The molecule has 0 spiro atoms. The minimum atomic E-state index is -0.0318. The molecule has 0 unspecified atom stereocenters. The Morgan fingerprint density at radius 3 is 2.38 bits per heavy atom. The number of hydrogen-bond acceptors (Lipinski definition) is 4. The number of hydrogen-bond donors (Lipinski definition) is 1. The topological polar surface area (TPSA) is 67.9 Å². The largest absolute Gasteiger partial charge is 0.493 e. The lowest BCUT2D eigenvalue weighted by Crippen LogP contribution is -2.46. The summed E-state index contributed by atoms with van der Waals surface area (Å²) in [5.41, 5.74) is 2.74. The van der Waals surface area contributed by atoms with E-state index in [1.165, 1.54) is 0 Å². The van der Waals surface area contributed by atoms with Crippen LogP contribution in [0.2, 0.25) is 0 Å². The van der Waals surface area contributed by atoms with E-state index in [2.05, 4.69) is 5.32 Å². The molecule has 0 bridgehead atoms. The number of nitrogens with one attached hydrogen (secondary N) is 1. The van der Waals surface area contributed by atoms with Crippen molar-refractivity contribution in [3.05, 3.63) is 59.2 Å². The summed E-state index contributed by atoms with van der Waals surface area (Å²) in [6.45, 7) is 3.24. The van der Waals surface area contributed by atoms with Crippen molar-refractivity contribution in [2.75, 3.05) is 27.3 Å². The van der Waals surface area contributed by atoms with Crippen molar-refractivity contribution >= 4 is 11.8 Å². The summed E-state index contributed by atoms with van der Waals surface area (Å²) in [5.74, 6) is 1.13. The molecule has 1 heterocycles. The van der Waals surface area contributed by atoms with Crippen LogP contribution in [0.15, 0.2) is 42.5 Å². The van der Waals surface area contributed by atoms with Crippen LogP contribution in [0.3, 0.4) is 0 Å². The molecule has 1 aliphatic heterocycles. The number of carbonyl (C=O) groups excluding carboxylic acids is 2. The van der Waals surface area contributed by atoms with Crippen LogP contribution >= 0.6 is 0 Å². The van der Waals surface area contributed by atoms with Crippen LogP contribution in [-0.4, -0.2) is 50.1 Å². The number of piperidine rings is 1. The van der Waals surface area contributed by atoms with Gasteiger partial charge in [0.1, 0.15) is 0 Å². The average Bonchev–Trinajstić information content (AvgIpc) is 2.75. The van der Waals surface area contributed by atoms with Crippen LogP contribution in [0.4, 0.5) is 0 Å². The fourth-order valence-corrected chi connectivity index (χ4v) is 3.64. The number of nitrogens with zero attached hydrogens (tertiary/aromatic N) is 1. The number of carbonyl (C=O) groups is 2. The Hall–Kier alpha value is -3.02. The van der Waals surface area contributed by atoms with Gasteiger partial charge in [0.2, 0.25) is 5.91 Å². The van der Waals surface area contributed by atoms with E-state index >= 15 is 0 Å². The van der Waals surface area contributed by atoms with Crippen molar-refractivity contribution < 1.29 is 19.1 Å². The van der Waals surface area contributed by atoms with E-state index < -0.39 is 0 Å². The number of likely N-dealkylation sites (tertiary alicyclic amines) is 1. The first-order valence-electron chi connectivity index (χ1n) is 9.87. The fraction of sp³-hybridized carbons (Fsp3) is 0.391. The first-order valence-corrected chi connectivity index (χ1v) is 9.87. The standard InChI is InChI=1S/C23H28N2O4/c1-16-6-4-5-7-17(16)15-22(26)24-19-10-12-25(13-11-19)23(27)18-8-9-20(28-2)21(14-18)29-3/h4-9,14,19H,10-13,15H2,1-3H3,(H,24,26). The second-order valence-electron chi connectivity index (χ2n) is 7.31. The third-order valence-electron chi connectivity index (χ3n) is 5.39. The summed E-state index contributed by atoms with van der Waals surface area (Å²) in [7, 11) is 3.12. The van der Waals surface area contributed by atoms with Crippen LogP contribution in [0.5, 0.6) is 11.5 Å². The van der Waals surface area contributed by atoms with Crippen LogP contribution in [0.1, 0.15) is 34.3 Å². The first-order chi connectivity index (χ1) is 14.0. The van der Waals surface area contributed by atoms with E-state index in [1.54, 1.807) is 32.4 Å². The SMILES string of the molecule is COc1ccc(C(=O)N2CCC(NC(=O)Cc3ccccc3C)CC2)cc1OC. The first kappa shape index (κ1) is 20.7. The van der Waals surface area contributed by atoms with Gasteiger partial charge in [0.05, 0.1) is 20.6 Å². The minimum absolute atomic E-state index is 0.0315. The number of amides is 2. The Morgan fingerprint density at radius 1 is 1.03 bits per heavy atom. The fourth-order valence-electron chi connectivity index (χ4n) is 3.64. The molecule has 3 rings (SSSR count). The quantitative estimate of drug-likeness (QED) is 0.815. The molecule has 2 amide bonds. The van der Waals surface area contributed by atoms with Crippen molar-refractivity contribution in [2.45, 2.75) is 32.2 Å². The highest BCUT2D eigenvalue weighted by Gasteiger charge is 2.25. The van der Waals surface area contributed by atoms with Gasteiger partial charge in [-0.05, 0) is 49.1 Å². The molecule has 1 fully saturated rings. The smallest absolute Gasteiger partial charge is 0.253 e. The summed E-state index contributed by atoms with van der Waals surface area (Å²) in [4.78, 5) is 27.0. The van der Waals surface area contributed by atoms with Crippen LogP contribution in [0.25, 0.3) is 0 Å². The van der Waals surface area contributed by atoms with E-state index in [0.29, 0.717) is 36.6 Å². The molecule has 1 aliphatic rings. The monoisotopic (exact) mass is 396 g/mol. The van der Waals surface area contributed by atoms with Crippen molar-refractivity contribution in [1.29, 1.82) is 0 Å². The van der Waals surface area contributed by atoms with Gasteiger partial charge in [-0.15, -0.1) is 0 Å². The average molecular weight is 396 g/mol. The lowest BCUT2D eigenvalue weighted by Gasteiger charge is -2.32. The van der Waals surface area contributed by atoms with Gasteiger partial charge in [-0.1, -0.05) is 24.3 Å². The molecule has 0 aromatic heterocycles. The third-order valence-corrected chi connectivity index (χ3v) is 5.39. The van der Waals surface area contributed by atoms with E-state index in [0.717, 1.165) is 24.0 Å². The summed E-state index contributed by atoms with van der Waals surface area (Å²) >= 11 is 0. The zero-order valence-electron chi connectivity index (χ0n) is 17.2. The molecule has 0 saturated carbocycles. The molecule has 0 atom stereocenters. The predicted octanol–water partition coefficient (Wildman–Crippen LogP) is 2.98. The molecule has 1 N–H and O–H groups in total. The summed E-state index contributed by atoms with van der Waals surface area (Å²) < 4.78 is 10.5. The molecule has 6 nitrogen and oxygen atoms in total. The number of aryl methyl sites for hydroxylation is 1. The van der Waals surface area contributed by atoms with Gasteiger partial charge in [-0.25, -0.2) is 0 Å². The maximum absolute atomic E-state index is 12.8. The van der Waals surface area contributed by atoms with Gasteiger partial charge in [0, 0.05) is 24.7 Å². The molecule has 1 saturated heterocycles. The molecular formula is C23H28N2O4. The Labute approximate surface area is 171 Å². The summed E-state index contributed by atoms with van der Waals surface area (Å²) in [6, 6.07) is 13.2. The molecule has 154 valence electrons. The maximum atomic E-state index is 12.8. The molecule has 0 radical (unpaired) electrons. The number of methoxy groups -OCH3 is 2. The highest BCUT2D eigenvalue weighted by atomic mass is 16.5. The van der Waals surface area contributed by atoms with Gasteiger partial charge in [-0.2, -0.15) is 0 Å². The lowest BCUT2D eigenvalue weighted by atomic mass is 10.0. The van der Waals surface area contributed by atoms with E-state index in [4.69, 9.17) is 9.47 Å². The Morgan fingerprint density at radius 2 is 1.72 bits per heavy atom. The van der Waals surface area contributed by atoms with Gasteiger partial charge in [0.25, 0.3) is 5.91 Å². The van der Waals surface area contributed by atoms with Gasteiger partial charge in [-0.3, -0.25) is 9.59 Å². The molecule has 2 aromatic rings. The second kappa shape index (κ2) is 9.45. The normalized spacial score (nSPS) is 14.4. The highest BCUT2D eigenvalue weighted by molar-refractivity contribution is 5.95. The summed E-state index contributed by atoms with van der Waals surface area (Å²) in [6.07, 6.45) is 1.88. The third kappa shape index (κ3) is 5.08. The molecule has 6 heteroatoms. The lowest BCUT2D eigenvalue weighted by molar-refractivity contribution is -0.121. The molecular weight excluding hydrogens is 368 g/mol. The zero-order chi connectivity index (χ0) is 20.8. The molecule has 29 heavy (non-hydrogen) atoms. The van der Waals surface area contributed by atoms with E-state index in [9.17, 15) is 9.59 Å². The van der Waals surface area contributed by atoms with Crippen LogP contribution in [-0.2, 0) is 11.2 Å². The minimum Gasteiger partial charge on any atom is -0.493 e. The zero-order valence-corrected chi connectivity index (χ0v) is 17.2. The van der Waals surface area contributed by atoms with E-state index in [-0.39, 0.29) is 17.9 Å². The summed E-state index contributed by atoms with van der Waals surface area (Å²) in [5, 5.41) is 3.11. The second-order valence-corrected chi connectivity index (χ2v) is 7.31. The predicted molar refractivity (Wildman–Crippen MR) is 111 cm³/mol. The Bertz CT molecular complexity index is 873. The number of ether oxygens (including phenoxy) is 2. The Kier molecular flexibility index (Phi) is 6.75. The van der Waals surface area contributed by atoms with Crippen molar-refractivity contribution in [3.63, 3.8) is 0 Å². The number of benzene rings is 2. The van der Waals surface area contributed by atoms with Crippen LogP contribution in [0, 0.1) is 6.92 Å². The highest BCUT2D eigenvalue weighted by Crippen LogP contribution is 2.28. The van der Waals surface area contributed by atoms with Crippen molar-refractivity contribution in [2.24, 2.45) is 0 Å². The van der Waals surface area contributed by atoms with Gasteiger partial charge >= 0.3 is 0 Å². The molecule has 2 aromatic carbocycles. The number of rotatable bonds is 6. The van der Waals surface area contributed by atoms with Gasteiger partial charge < -0.3 is 19.7 Å². The molecule has 0 aliphatic carbocycles. The van der Waals surface area contributed by atoms with Crippen molar-refractivity contribution in [3.8, 4) is 11.5 Å². The van der Waals surface area contributed by atoms with Crippen LogP contribution < -0.4 is 14.8 Å². The van der Waals surface area contributed by atoms with E-state index in [1.807, 2.05) is 36.1 Å². The van der Waals surface area contributed by atoms with Crippen molar-refractivity contribution in [1.82, 2.24) is 10.2 Å².